The Bertz CT molecular complexity index is 519. The van der Waals surface area contributed by atoms with Gasteiger partial charge in [0.15, 0.2) is 0 Å². The van der Waals surface area contributed by atoms with E-state index in [0.29, 0.717) is 11.9 Å². The van der Waals surface area contributed by atoms with Gasteiger partial charge in [0.1, 0.15) is 5.82 Å². The van der Waals surface area contributed by atoms with Gasteiger partial charge in [-0.3, -0.25) is 4.79 Å². The Balaban J connectivity index is 2.27. The van der Waals surface area contributed by atoms with E-state index in [9.17, 15) is 4.79 Å². The van der Waals surface area contributed by atoms with E-state index in [1.165, 1.54) is 0 Å². The van der Waals surface area contributed by atoms with Crippen LogP contribution in [0.15, 0.2) is 0 Å². The number of aromatic nitrogens is 3. The molecule has 0 spiro atoms. The molecule has 1 aliphatic carbocycles. The molecule has 1 saturated carbocycles. The molecule has 7 nitrogen and oxygen atoms in total. The Hall–Kier alpha value is -1.92. The van der Waals surface area contributed by atoms with Gasteiger partial charge in [0, 0.05) is 26.1 Å². The molecule has 0 bridgehead atoms. The first kappa shape index (κ1) is 17.4. The van der Waals surface area contributed by atoms with Gasteiger partial charge in [0.2, 0.25) is 17.8 Å². The molecule has 7 heteroatoms. The van der Waals surface area contributed by atoms with E-state index in [0.717, 1.165) is 37.9 Å². The first-order chi connectivity index (χ1) is 10.9. The molecule has 0 saturated heterocycles. The summed E-state index contributed by atoms with van der Waals surface area (Å²) in [6.45, 7) is 4.10. The first-order valence-corrected chi connectivity index (χ1v) is 8.37. The van der Waals surface area contributed by atoms with Crippen molar-refractivity contribution < 1.29 is 4.79 Å². The molecule has 2 rings (SSSR count). The fourth-order valence-electron chi connectivity index (χ4n) is 2.89. The van der Waals surface area contributed by atoms with Crippen molar-refractivity contribution in [3.8, 4) is 0 Å². The van der Waals surface area contributed by atoms with Gasteiger partial charge in [-0.2, -0.15) is 15.0 Å². The van der Waals surface area contributed by atoms with Crippen LogP contribution in [0, 0.1) is 5.92 Å². The molecule has 0 unspecified atom stereocenters. The number of nitrogens with zero attached hydrogens (tertiary/aromatic N) is 4. The molecule has 1 heterocycles. The first-order valence-electron chi connectivity index (χ1n) is 8.37. The molecule has 0 radical (unpaired) electrons. The minimum atomic E-state index is -0.240. The van der Waals surface area contributed by atoms with Gasteiger partial charge in [-0.1, -0.05) is 33.1 Å². The molecule has 0 aromatic carbocycles. The summed E-state index contributed by atoms with van der Waals surface area (Å²) in [7, 11) is 3.81. The molecule has 1 amide bonds. The number of anilines is 2. The molecule has 3 N–H and O–H groups in total. The highest BCUT2D eigenvalue weighted by molar-refractivity contribution is 5.77. The second-order valence-electron chi connectivity index (χ2n) is 6.76. The number of rotatable bonds is 5. The Morgan fingerprint density at radius 3 is 2.48 bits per heavy atom. The lowest BCUT2D eigenvalue weighted by molar-refractivity contribution is -0.122. The summed E-state index contributed by atoms with van der Waals surface area (Å²) in [6, 6.07) is -0.00701. The van der Waals surface area contributed by atoms with Crippen LogP contribution >= 0.6 is 0 Å². The predicted octanol–water partition coefficient (Wildman–Crippen LogP) is 1.91. The van der Waals surface area contributed by atoms with Crippen molar-refractivity contribution in [3.63, 3.8) is 0 Å². The summed E-state index contributed by atoms with van der Waals surface area (Å²) in [6.07, 6.45) is 5.01. The standard InChI is InChI=1S/C16H28N6O/c1-10(2)14-19-15(21-16(20-14)22(3)4)18-12-9-7-5-6-8-11(12)13(17)23/h10-12H,5-9H2,1-4H3,(H2,17,23)(H,18,19,20,21)/t11-,12-/m0/s1. The molecule has 23 heavy (non-hydrogen) atoms. The monoisotopic (exact) mass is 320 g/mol. The maximum Gasteiger partial charge on any atom is 0.229 e. The summed E-state index contributed by atoms with van der Waals surface area (Å²) in [5.41, 5.74) is 5.60. The van der Waals surface area contributed by atoms with Crippen LogP contribution in [0.5, 0.6) is 0 Å². The highest BCUT2D eigenvalue weighted by Gasteiger charge is 2.29. The Labute approximate surface area is 138 Å². The van der Waals surface area contributed by atoms with Crippen molar-refractivity contribution in [1.29, 1.82) is 0 Å². The number of hydrogen-bond acceptors (Lipinski definition) is 6. The Kier molecular flexibility index (Phi) is 5.74. The van der Waals surface area contributed by atoms with Crippen LogP contribution in [0.3, 0.4) is 0 Å². The number of primary amides is 1. The van der Waals surface area contributed by atoms with Crippen molar-refractivity contribution in [3.05, 3.63) is 5.82 Å². The van der Waals surface area contributed by atoms with Gasteiger partial charge in [-0.15, -0.1) is 0 Å². The van der Waals surface area contributed by atoms with Crippen LogP contribution in [0.1, 0.15) is 57.7 Å². The van der Waals surface area contributed by atoms with Crippen LogP contribution in [0.2, 0.25) is 0 Å². The van der Waals surface area contributed by atoms with Gasteiger partial charge in [0.25, 0.3) is 0 Å². The third kappa shape index (κ3) is 4.53. The van der Waals surface area contributed by atoms with Gasteiger partial charge in [-0.05, 0) is 12.8 Å². The van der Waals surface area contributed by atoms with Crippen molar-refractivity contribution in [2.75, 3.05) is 24.3 Å². The van der Waals surface area contributed by atoms with Gasteiger partial charge < -0.3 is 16.0 Å². The van der Waals surface area contributed by atoms with E-state index in [4.69, 9.17) is 5.73 Å². The molecule has 0 aliphatic heterocycles. The summed E-state index contributed by atoms with van der Waals surface area (Å²) < 4.78 is 0. The lowest BCUT2D eigenvalue weighted by atomic mass is 9.94. The molecule has 1 aromatic heterocycles. The second-order valence-corrected chi connectivity index (χ2v) is 6.76. The topological polar surface area (TPSA) is 97.0 Å². The number of carbonyl (C=O) groups is 1. The summed E-state index contributed by atoms with van der Waals surface area (Å²) in [5.74, 6) is 1.70. The smallest absolute Gasteiger partial charge is 0.229 e. The zero-order valence-corrected chi connectivity index (χ0v) is 14.5. The van der Waals surface area contributed by atoms with Crippen LogP contribution in [0.25, 0.3) is 0 Å². The molecule has 2 atom stereocenters. The van der Waals surface area contributed by atoms with Crippen LogP contribution in [-0.4, -0.2) is 41.0 Å². The lowest BCUT2D eigenvalue weighted by Gasteiger charge is -2.24. The Morgan fingerprint density at radius 2 is 1.87 bits per heavy atom. The van der Waals surface area contributed by atoms with Crippen molar-refractivity contribution >= 4 is 17.8 Å². The van der Waals surface area contributed by atoms with E-state index < -0.39 is 0 Å². The normalized spacial score (nSPS) is 21.8. The minimum Gasteiger partial charge on any atom is -0.369 e. The number of carbonyl (C=O) groups excluding carboxylic acids is 1. The zero-order chi connectivity index (χ0) is 17.0. The van der Waals surface area contributed by atoms with Crippen molar-refractivity contribution in [2.24, 2.45) is 11.7 Å². The van der Waals surface area contributed by atoms with Gasteiger partial charge in [-0.25, -0.2) is 0 Å². The van der Waals surface area contributed by atoms with Crippen LogP contribution in [-0.2, 0) is 4.79 Å². The van der Waals surface area contributed by atoms with Crippen LogP contribution in [0.4, 0.5) is 11.9 Å². The fraction of sp³-hybridized carbons (Fsp3) is 0.750. The third-order valence-corrected chi connectivity index (χ3v) is 4.25. The second kappa shape index (κ2) is 7.57. The number of amides is 1. The SMILES string of the molecule is CC(C)c1nc(N[C@H]2CCCCC[C@@H]2C(N)=O)nc(N(C)C)n1. The summed E-state index contributed by atoms with van der Waals surface area (Å²) in [5, 5.41) is 3.35. The van der Waals surface area contributed by atoms with E-state index in [1.807, 2.05) is 19.0 Å². The molecule has 128 valence electrons. The maximum atomic E-state index is 11.8. The quantitative estimate of drug-likeness (QED) is 0.804. The Morgan fingerprint density at radius 1 is 1.17 bits per heavy atom. The lowest BCUT2D eigenvalue weighted by Crippen LogP contribution is -2.38. The van der Waals surface area contributed by atoms with Gasteiger partial charge in [0.05, 0.1) is 5.92 Å². The van der Waals surface area contributed by atoms with Crippen molar-refractivity contribution in [2.45, 2.75) is 57.9 Å². The number of nitrogens with two attached hydrogens (primary N) is 1. The fourth-order valence-corrected chi connectivity index (χ4v) is 2.89. The number of nitrogens with one attached hydrogen (secondary N) is 1. The molecular formula is C16H28N6O. The van der Waals surface area contributed by atoms with E-state index in [2.05, 4.69) is 34.1 Å². The zero-order valence-electron chi connectivity index (χ0n) is 14.5. The number of hydrogen-bond donors (Lipinski definition) is 2. The average Bonchev–Trinajstić information content (AvgIpc) is 2.72. The van der Waals surface area contributed by atoms with Gasteiger partial charge >= 0.3 is 0 Å². The third-order valence-electron chi connectivity index (χ3n) is 4.25. The summed E-state index contributed by atoms with van der Waals surface area (Å²) >= 11 is 0. The minimum absolute atomic E-state index is 0.00701. The van der Waals surface area contributed by atoms with Crippen molar-refractivity contribution in [1.82, 2.24) is 15.0 Å². The maximum absolute atomic E-state index is 11.8. The highest BCUT2D eigenvalue weighted by atomic mass is 16.1. The average molecular weight is 320 g/mol. The van der Waals surface area contributed by atoms with E-state index >= 15 is 0 Å². The van der Waals surface area contributed by atoms with Crippen LogP contribution < -0.4 is 16.0 Å². The summed E-state index contributed by atoms with van der Waals surface area (Å²) in [4.78, 5) is 27.1. The highest BCUT2D eigenvalue weighted by Crippen LogP contribution is 2.26. The predicted molar refractivity (Wildman–Crippen MR) is 91.4 cm³/mol. The molecular weight excluding hydrogens is 292 g/mol. The molecule has 1 fully saturated rings. The van der Waals surface area contributed by atoms with E-state index in [-0.39, 0.29) is 23.8 Å². The molecule has 1 aliphatic rings. The largest absolute Gasteiger partial charge is 0.369 e. The van der Waals surface area contributed by atoms with E-state index in [1.54, 1.807) is 0 Å². The molecule has 1 aromatic rings.